The fourth-order valence-electron chi connectivity index (χ4n) is 3.82. The summed E-state index contributed by atoms with van der Waals surface area (Å²) >= 11 is 1.61. The second-order valence-corrected chi connectivity index (χ2v) is 7.93. The molecule has 0 unspecified atom stereocenters. The highest BCUT2D eigenvalue weighted by Crippen LogP contribution is 2.43. The molecule has 0 radical (unpaired) electrons. The number of aromatic amines is 1. The summed E-state index contributed by atoms with van der Waals surface area (Å²) in [6.45, 7) is 0. The molecule has 156 valence electrons. The van der Waals surface area contributed by atoms with Gasteiger partial charge in [-0.1, -0.05) is 18.2 Å². The van der Waals surface area contributed by atoms with E-state index in [1.165, 1.54) is 0 Å². The largest absolute Gasteiger partial charge is 0.497 e. The summed E-state index contributed by atoms with van der Waals surface area (Å²) in [7, 11) is 3.18. The molecule has 0 aliphatic carbocycles. The monoisotopic (exact) mass is 432 g/mol. The van der Waals surface area contributed by atoms with Crippen LogP contribution in [-0.2, 0) is 0 Å². The predicted molar refractivity (Wildman–Crippen MR) is 121 cm³/mol. The van der Waals surface area contributed by atoms with E-state index in [9.17, 15) is 4.79 Å². The highest BCUT2D eigenvalue weighted by molar-refractivity contribution is 7.13. The lowest BCUT2D eigenvalue weighted by molar-refractivity contribution is 0.0974. The zero-order valence-corrected chi connectivity index (χ0v) is 17.8. The number of hydrogen-bond donors (Lipinski definition) is 2. The van der Waals surface area contributed by atoms with Crippen LogP contribution in [0.15, 0.2) is 66.2 Å². The first-order chi connectivity index (χ1) is 15.2. The second kappa shape index (κ2) is 7.81. The standard InChI is InChI=1S/C23H20N4O3S/c1-29-14-9-10-18(19(12-14)30-2)27-22(25-17-7-4-3-6-15(17)23(27)28)16-13-24-26-21(16)20-8-5-11-31-20/h3-13,22,25H,1-2H3,(H,24,26)/t22-/m0/s1. The number of anilines is 2. The number of thiophene rings is 1. The SMILES string of the molecule is COc1ccc(N2C(=O)c3ccccc3N[C@@H]2c2cn[nH]c2-c2cccs2)c(OC)c1. The normalized spacial score (nSPS) is 15.4. The van der Waals surface area contributed by atoms with Crippen LogP contribution in [0.2, 0.25) is 0 Å². The van der Waals surface area contributed by atoms with Crippen molar-refractivity contribution in [2.75, 3.05) is 24.4 Å². The van der Waals surface area contributed by atoms with E-state index in [1.807, 2.05) is 53.9 Å². The van der Waals surface area contributed by atoms with E-state index in [0.29, 0.717) is 22.7 Å². The third-order valence-corrected chi connectivity index (χ3v) is 6.19. The van der Waals surface area contributed by atoms with Crippen LogP contribution >= 0.6 is 11.3 Å². The minimum Gasteiger partial charge on any atom is -0.497 e. The van der Waals surface area contributed by atoms with Gasteiger partial charge < -0.3 is 14.8 Å². The number of carbonyl (C=O) groups is 1. The van der Waals surface area contributed by atoms with E-state index in [2.05, 4.69) is 15.5 Å². The minimum absolute atomic E-state index is 0.124. The van der Waals surface area contributed by atoms with Crippen molar-refractivity contribution in [3.05, 3.63) is 77.3 Å². The van der Waals surface area contributed by atoms with Gasteiger partial charge in [0, 0.05) is 17.3 Å². The van der Waals surface area contributed by atoms with Gasteiger partial charge in [-0.15, -0.1) is 11.3 Å². The quantitative estimate of drug-likeness (QED) is 0.468. The average molecular weight is 433 g/mol. The number of benzene rings is 2. The molecule has 0 bridgehead atoms. The number of ether oxygens (including phenoxy) is 2. The summed E-state index contributed by atoms with van der Waals surface area (Å²) in [4.78, 5) is 16.5. The Morgan fingerprint density at radius 1 is 1.06 bits per heavy atom. The molecule has 2 aromatic carbocycles. The molecule has 0 spiro atoms. The molecular weight excluding hydrogens is 412 g/mol. The molecule has 0 saturated carbocycles. The van der Waals surface area contributed by atoms with Crippen molar-refractivity contribution in [2.45, 2.75) is 6.17 Å². The molecule has 1 amide bonds. The van der Waals surface area contributed by atoms with Crippen LogP contribution in [0.25, 0.3) is 10.6 Å². The van der Waals surface area contributed by atoms with Gasteiger partial charge in [0.25, 0.3) is 5.91 Å². The molecule has 3 heterocycles. The summed E-state index contributed by atoms with van der Waals surface area (Å²) in [5.74, 6) is 1.07. The summed E-state index contributed by atoms with van der Waals surface area (Å²) in [6.07, 6.45) is 1.28. The van der Waals surface area contributed by atoms with Crippen molar-refractivity contribution in [3.8, 4) is 22.1 Å². The van der Waals surface area contributed by atoms with Gasteiger partial charge in [0.1, 0.15) is 17.7 Å². The van der Waals surface area contributed by atoms with Crippen LogP contribution in [-0.4, -0.2) is 30.3 Å². The van der Waals surface area contributed by atoms with Gasteiger partial charge in [-0.2, -0.15) is 5.10 Å². The van der Waals surface area contributed by atoms with Gasteiger partial charge in [0.05, 0.1) is 42.2 Å². The first-order valence-corrected chi connectivity index (χ1v) is 10.6. The average Bonchev–Trinajstić information content (AvgIpc) is 3.50. The molecule has 8 heteroatoms. The molecule has 0 fully saturated rings. The number of para-hydroxylation sites is 1. The summed E-state index contributed by atoms with van der Waals surface area (Å²) in [5, 5.41) is 12.9. The summed E-state index contributed by atoms with van der Waals surface area (Å²) in [5.41, 5.74) is 3.75. The topological polar surface area (TPSA) is 79.5 Å². The van der Waals surface area contributed by atoms with Crippen molar-refractivity contribution in [1.29, 1.82) is 0 Å². The van der Waals surface area contributed by atoms with Gasteiger partial charge in [-0.3, -0.25) is 14.8 Å². The number of amides is 1. The first-order valence-electron chi connectivity index (χ1n) is 9.69. The van der Waals surface area contributed by atoms with Gasteiger partial charge in [0.15, 0.2) is 0 Å². The highest BCUT2D eigenvalue weighted by atomic mass is 32.1. The number of methoxy groups -OCH3 is 2. The Morgan fingerprint density at radius 3 is 2.71 bits per heavy atom. The minimum atomic E-state index is -0.486. The van der Waals surface area contributed by atoms with Crippen LogP contribution in [0.1, 0.15) is 22.1 Å². The maximum atomic E-state index is 13.7. The van der Waals surface area contributed by atoms with E-state index in [0.717, 1.165) is 21.8 Å². The molecular formula is C23H20N4O3S. The van der Waals surface area contributed by atoms with Crippen molar-refractivity contribution in [3.63, 3.8) is 0 Å². The van der Waals surface area contributed by atoms with Crippen LogP contribution in [0, 0.1) is 0 Å². The Morgan fingerprint density at radius 2 is 1.94 bits per heavy atom. The Balaban J connectivity index is 1.69. The third kappa shape index (κ3) is 3.21. The van der Waals surface area contributed by atoms with Crippen LogP contribution < -0.4 is 19.7 Å². The fourth-order valence-corrected chi connectivity index (χ4v) is 4.57. The van der Waals surface area contributed by atoms with Gasteiger partial charge in [-0.25, -0.2) is 0 Å². The molecule has 7 nitrogen and oxygen atoms in total. The number of nitrogens with zero attached hydrogens (tertiary/aromatic N) is 2. The van der Waals surface area contributed by atoms with E-state index in [-0.39, 0.29) is 5.91 Å². The molecule has 0 saturated heterocycles. The van der Waals surface area contributed by atoms with E-state index in [4.69, 9.17) is 9.47 Å². The Kier molecular flexibility index (Phi) is 4.83. The van der Waals surface area contributed by atoms with Crippen LogP contribution in [0.3, 0.4) is 0 Å². The van der Waals surface area contributed by atoms with Crippen molar-refractivity contribution in [1.82, 2.24) is 10.2 Å². The fraction of sp³-hybridized carbons (Fsp3) is 0.130. The highest BCUT2D eigenvalue weighted by Gasteiger charge is 2.37. The molecule has 2 aromatic heterocycles. The number of nitrogens with one attached hydrogen (secondary N) is 2. The molecule has 4 aromatic rings. The van der Waals surface area contributed by atoms with E-state index >= 15 is 0 Å². The summed E-state index contributed by atoms with van der Waals surface area (Å²) < 4.78 is 11.0. The van der Waals surface area contributed by atoms with Crippen molar-refractivity contribution in [2.24, 2.45) is 0 Å². The maximum absolute atomic E-state index is 13.7. The number of H-pyrrole nitrogens is 1. The lowest BCUT2D eigenvalue weighted by Gasteiger charge is -2.38. The van der Waals surface area contributed by atoms with E-state index in [1.54, 1.807) is 42.7 Å². The number of rotatable bonds is 5. The lowest BCUT2D eigenvalue weighted by Crippen LogP contribution is -2.43. The first kappa shape index (κ1) is 19.2. The zero-order valence-electron chi connectivity index (χ0n) is 17.0. The third-order valence-electron chi connectivity index (χ3n) is 5.30. The second-order valence-electron chi connectivity index (χ2n) is 6.98. The molecule has 2 N–H and O–H groups in total. The van der Waals surface area contributed by atoms with Gasteiger partial charge in [0.2, 0.25) is 0 Å². The van der Waals surface area contributed by atoms with Gasteiger partial charge in [-0.05, 0) is 35.7 Å². The molecule has 1 aliphatic rings. The van der Waals surface area contributed by atoms with Crippen LogP contribution in [0.4, 0.5) is 11.4 Å². The zero-order chi connectivity index (χ0) is 21.4. The van der Waals surface area contributed by atoms with Crippen molar-refractivity contribution >= 4 is 28.6 Å². The Bertz CT molecular complexity index is 1240. The Labute approximate surface area is 183 Å². The van der Waals surface area contributed by atoms with E-state index < -0.39 is 6.17 Å². The van der Waals surface area contributed by atoms with Crippen LogP contribution in [0.5, 0.6) is 11.5 Å². The molecule has 1 aliphatic heterocycles. The molecule has 1 atom stereocenters. The number of carbonyl (C=O) groups excluding carboxylic acids is 1. The lowest BCUT2D eigenvalue weighted by atomic mass is 10.0. The smallest absolute Gasteiger partial charge is 0.262 e. The number of fused-ring (bicyclic) bond motifs is 1. The van der Waals surface area contributed by atoms with Gasteiger partial charge >= 0.3 is 0 Å². The summed E-state index contributed by atoms with van der Waals surface area (Å²) in [6, 6.07) is 16.9. The molecule has 5 rings (SSSR count). The number of hydrogen-bond acceptors (Lipinski definition) is 6. The van der Waals surface area contributed by atoms with Crippen molar-refractivity contribution < 1.29 is 14.3 Å². The number of aromatic nitrogens is 2. The maximum Gasteiger partial charge on any atom is 0.262 e. The molecule has 31 heavy (non-hydrogen) atoms. The Hall–Kier alpha value is -3.78. The predicted octanol–water partition coefficient (Wildman–Crippen LogP) is 4.93.